The number of carbonyl (C=O) groups is 1. The van der Waals surface area contributed by atoms with Gasteiger partial charge in [-0.05, 0) is 107 Å². The fourth-order valence-electron chi connectivity index (χ4n) is 5.94. The molecule has 2 atom stereocenters. The fourth-order valence-corrected chi connectivity index (χ4v) is 8.25. The number of hydrogen-bond acceptors (Lipinski definition) is 7. The van der Waals surface area contributed by atoms with E-state index in [0.29, 0.717) is 59.4 Å². The smallest absolute Gasteiger partial charge is 0.343 e. The number of methoxy groups -OCH3 is 1. The van der Waals surface area contributed by atoms with Crippen molar-refractivity contribution in [3.8, 4) is 22.8 Å². The van der Waals surface area contributed by atoms with Gasteiger partial charge >= 0.3 is 5.97 Å². The first-order valence-corrected chi connectivity index (χ1v) is 17.6. The molecule has 2 unspecified atom stereocenters. The van der Waals surface area contributed by atoms with E-state index in [9.17, 15) is 9.36 Å². The van der Waals surface area contributed by atoms with Crippen molar-refractivity contribution in [2.24, 2.45) is 5.92 Å². The molecule has 0 radical (unpaired) electrons. The van der Waals surface area contributed by atoms with Gasteiger partial charge in [-0.15, -0.1) is 0 Å². The molecular formula is C35H46FN2O5P. The molecule has 44 heavy (non-hydrogen) atoms. The summed E-state index contributed by atoms with van der Waals surface area (Å²) < 4.78 is 45.4. The second-order valence-electron chi connectivity index (χ2n) is 12.4. The molecule has 0 spiro atoms. The normalized spacial score (nSPS) is 15.5. The Kier molecular flexibility index (Phi) is 11.0. The van der Waals surface area contributed by atoms with Gasteiger partial charge in [-0.25, -0.2) is 14.2 Å². The molecule has 1 saturated carbocycles. The number of ether oxygens (including phenoxy) is 2. The van der Waals surface area contributed by atoms with Crippen LogP contribution < -0.4 is 9.47 Å². The molecule has 7 nitrogen and oxygen atoms in total. The SMILES string of the molecule is CCOP(C)(=O)C(Cc1cccc(OC(=O)c2cc(CN(C(C)C)C(C)C)c(-c3cc(OC)ncc3F)cc2C)c1)C1CC1. The van der Waals surface area contributed by atoms with Gasteiger partial charge in [0.1, 0.15) is 11.6 Å². The number of pyridine rings is 1. The van der Waals surface area contributed by atoms with Crippen molar-refractivity contribution in [3.05, 3.63) is 76.7 Å². The van der Waals surface area contributed by atoms with Crippen LogP contribution in [0.3, 0.4) is 0 Å². The summed E-state index contributed by atoms with van der Waals surface area (Å²) in [5, 5.41) is 0. The molecule has 1 aliphatic carbocycles. The molecule has 1 heterocycles. The number of halogens is 1. The average molecular weight is 625 g/mol. The number of carbonyl (C=O) groups excluding carboxylic acids is 1. The molecule has 238 valence electrons. The number of aromatic nitrogens is 1. The molecule has 0 amide bonds. The Labute approximate surface area is 261 Å². The minimum absolute atomic E-state index is 0.0529. The highest BCUT2D eigenvalue weighted by molar-refractivity contribution is 7.59. The molecule has 2 aromatic carbocycles. The third kappa shape index (κ3) is 8.15. The van der Waals surface area contributed by atoms with Crippen LogP contribution in [0.25, 0.3) is 11.1 Å². The van der Waals surface area contributed by atoms with Crippen LogP contribution in [0.1, 0.15) is 74.5 Å². The average Bonchev–Trinajstić information content (AvgIpc) is 3.80. The monoisotopic (exact) mass is 624 g/mol. The van der Waals surface area contributed by atoms with Crippen molar-refractivity contribution >= 4 is 13.3 Å². The summed E-state index contributed by atoms with van der Waals surface area (Å²) in [6.07, 6.45) is 3.87. The lowest BCUT2D eigenvalue weighted by Crippen LogP contribution is -2.36. The fraction of sp³-hybridized carbons (Fsp3) is 0.486. The highest BCUT2D eigenvalue weighted by Gasteiger charge is 2.41. The van der Waals surface area contributed by atoms with E-state index in [1.165, 1.54) is 7.11 Å². The number of esters is 1. The van der Waals surface area contributed by atoms with E-state index in [1.807, 2.05) is 44.2 Å². The highest BCUT2D eigenvalue weighted by atomic mass is 31.2. The van der Waals surface area contributed by atoms with Crippen LogP contribution in [-0.2, 0) is 22.1 Å². The van der Waals surface area contributed by atoms with E-state index in [1.54, 1.807) is 18.8 Å². The van der Waals surface area contributed by atoms with Gasteiger partial charge in [0, 0.05) is 42.6 Å². The quantitative estimate of drug-likeness (QED) is 0.101. The Balaban J connectivity index is 1.67. The number of benzene rings is 2. The van der Waals surface area contributed by atoms with E-state index in [0.717, 1.165) is 30.2 Å². The van der Waals surface area contributed by atoms with Crippen molar-refractivity contribution in [3.63, 3.8) is 0 Å². The molecular weight excluding hydrogens is 578 g/mol. The zero-order chi connectivity index (χ0) is 32.2. The maximum atomic E-state index is 15.2. The summed E-state index contributed by atoms with van der Waals surface area (Å²) in [6.45, 7) is 14.8. The van der Waals surface area contributed by atoms with Gasteiger partial charge in [0.15, 0.2) is 0 Å². The molecule has 3 aromatic rings. The van der Waals surface area contributed by atoms with Gasteiger partial charge in [-0.3, -0.25) is 9.46 Å². The Bertz CT molecular complexity index is 1510. The van der Waals surface area contributed by atoms with Crippen LogP contribution in [-0.4, -0.2) is 54.0 Å². The Morgan fingerprint density at radius 3 is 2.41 bits per heavy atom. The number of rotatable bonds is 14. The van der Waals surface area contributed by atoms with Crippen molar-refractivity contribution in [2.45, 2.75) is 85.1 Å². The first kappa shape index (κ1) is 33.8. The summed E-state index contributed by atoms with van der Waals surface area (Å²) in [5.41, 5.74) is 3.81. The summed E-state index contributed by atoms with van der Waals surface area (Å²) in [4.78, 5) is 19.9. The third-order valence-corrected chi connectivity index (χ3v) is 11.0. The van der Waals surface area contributed by atoms with Crippen LogP contribution in [0.15, 0.2) is 48.7 Å². The van der Waals surface area contributed by atoms with Crippen LogP contribution in [0.4, 0.5) is 4.39 Å². The maximum Gasteiger partial charge on any atom is 0.343 e. The predicted molar refractivity (Wildman–Crippen MR) is 174 cm³/mol. The van der Waals surface area contributed by atoms with Crippen molar-refractivity contribution in [1.29, 1.82) is 0 Å². The molecule has 4 rings (SSSR count). The van der Waals surface area contributed by atoms with E-state index in [4.69, 9.17) is 14.0 Å². The molecule has 0 aliphatic heterocycles. The minimum Gasteiger partial charge on any atom is -0.481 e. The minimum atomic E-state index is -2.78. The van der Waals surface area contributed by atoms with Crippen molar-refractivity contribution in [1.82, 2.24) is 9.88 Å². The first-order chi connectivity index (χ1) is 20.8. The second kappa shape index (κ2) is 14.4. The number of aryl methyl sites for hydroxylation is 1. The molecule has 9 heteroatoms. The van der Waals surface area contributed by atoms with Gasteiger partial charge in [0.05, 0.1) is 25.5 Å². The van der Waals surface area contributed by atoms with Crippen LogP contribution >= 0.6 is 7.37 Å². The predicted octanol–water partition coefficient (Wildman–Crippen LogP) is 8.31. The molecule has 1 fully saturated rings. The lowest BCUT2D eigenvalue weighted by Gasteiger charge is -2.31. The van der Waals surface area contributed by atoms with Crippen molar-refractivity contribution in [2.75, 3.05) is 20.4 Å². The first-order valence-electron chi connectivity index (χ1n) is 15.5. The van der Waals surface area contributed by atoms with Crippen LogP contribution in [0.2, 0.25) is 0 Å². The zero-order valence-electron chi connectivity index (χ0n) is 27.2. The topological polar surface area (TPSA) is 78.0 Å². The summed E-state index contributed by atoms with van der Waals surface area (Å²) in [7, 11) is -1.28. The lowest BCUT2D eigenvalue weighted by atomic mass is 9.93. The van der Waals surface area contributed by atoms with Crippen LogP contribution in [0.5, 0.6) is 11.6 Å². The lowest BCUT2D eigenvalue weighted by molar-refractivity contribution is 0.0733. The molecule has 0 saturated heterocycles. The maximum absolute atomic E-state index is 15.2. The van der Waals surface area contributed by atoms with E-state index >= 15 is 4.39 Å². The van der Waals surface area contributed by atoms with E-state index in [-0.39, 0.29) is 17.7 Å². The summed E-state index contributed by atoms with van der Waals surface area (Å²) >= 11 is 0. The van der Waals surface area contributed by atoms with Gasteiger partial charge in [0.25, 0.3) is 0 Å². The molecule has 0 bridgehead atoms. The second-order valence-corrected chi connectivity index (χ2v) is 15.1. The standard InChI is InChI=1S/C35H46FN2O5P/c1-9-42-44(8,40)33(26-13-14-26)17-25-11-10-12-28(16-25)43-35(39)29-18-27(21-38(22(2)3)23(4)5)30(15-24(29)6)31-19-34(41-7)37-20-32(31)36/h10-12,15-16,18-20,22-23,26,33H,9,13-14,17,21H2,1-8H3. The van der Waals surface area contributed by atoms with Crippen LogP contribution in [0, 0.1) is 18.7 Å². The Morgan fingerprint density at radius 2 is 1.80 bits per heavy atom. The molecule has 0 N–H and O–H groups in total. The largest absolute Gasteiger partial charge is 0.481 e. The number of nitrogens with zero attached hydrogens (tertiary/aromatic N) is 2. The summed E-state index contributed by atoms with van der Waals surface area (Å²) in [6, 6.07) is 13.1. The van der Waals surface area contributed by atoms with Crippen molar-refractivity contribution < 1.29 is 27.7 Å². The molecule has 1 aromatic heterocycles. The van der Waals surface area contributed by atoms with E-state index < -0.39 is 19.2 Å². The van der Waals surface area contributed by atoms with Gasteiger partial charge < -0.3 is 14.0 Å². The highest BCUT2D eigenvalue weighted by Crippen LogP contribution is 2.57. The van der Waals surface area contributed by atoms with Gasteiger partial charge in [-0.1, -0.05) is 18.2 Å². The third-order valence-electron chi connectivity index (χ3n) is 8.39. The number of hydrogen-bond donors (Lipinski definition) is 0. The van der Waals surface area contributed by atoms with E-state index in [2.05, 4.69) is 37.6 Å². The van der Waals surface area contributed by atoms with Gasteiger partial charge in [0.2, 0.25) is 13.2 Å². The Hall–Kier alpha value is -3.06. The van der Waals surface area contributed by atoms with Gasteiger partial charge in [-0.2, -0.15) is 0 Å². The Morgan fingerprint density at radius 1 is 1.09 bits per heavy atom. The molecule has 1 aliphatic rings. The summed E-state index contributed by atoms with van der Waals surface area (Å²) in [5.74, 6) is 0.164. The zero-order valence-corrected chi connectivity index (χ0v) is 28.1.